The molecule has 0 saturated heterocycles. The summed E-state index contributed by atoms with van der Waals surface area (Å²) in [6.07, 6.45) is 2.24. The highest BCUT2D eigenvalue weighted by Crippen LogP contribution is 2.07. The van der Waals surface area contributed by atoms with E-state index in [9.17, 15) is 10.2 Å². The van der Waals surface area contributed by atoms with Crippen LogP contribution in [0, 0.1) is 0 Å². The molecule has 2 atom stereocenters. The average Bonchev–Trinajstić information content (AvgIpc) is 2.22. The van der Waals surface area contributed by atoms with Gasteiger partial charge in [0.1, 0.15) is 0 Å². The van der Waals surface area contributed by atoms with E-state index < -0.39 is 6.10 Å². The number of hydrogen-bond acceptors (Lipinski definition) is 4. The molecule has 0 amide bonds. The molecular formula is C11H24O4. The summed E-state index contributed by atoms with van der Waals surface area (Å²) in [4.78, 5) is 0. The summed E-state index contributed by atoms with van der Waals surface area (Å²) in [6.45, 7) is 3.41. The Balaban J connectivity index is 3.28. The Morgan fingerprint density at radius 1 is 1.00 bits per heavy atom. The lowest BCUT2D eigenvalue weighted by atomic mass is 10.1. The average molecular weight is 220 g/mol. The molecular weight excluding hydrogens is 196 g/mol. The van der Waals surface area contributed by atoms with Crippen molar-refractivity contribution in [1.82, 2.24) is 0 Å². The Hall–Kier alpha value is -0.160. The SMILES string of the molecule is CCCC(O)CCC(O)COCCOC. The van der Waals surface area contributed by atoms with Gasteiger partial charge in [-0.05, 0) is 19.3 Å². The van der Waals surface area contributed by atoms with Crippen LogP contribution < -0.4 is 0 Å². The highest BCUT2D eigenvalue weighted by atomic mass is 16.5. The van der Waals surface area contributed by atoms with Crippen molar-refractivity contribution in [3.8, 4) is 0 Å². The van der Waals surface area contributed by atoms with Crippen molar-refractivity contribution in [3.05, 3.63) is 0 Å². The normalized spacial score (nSPS) is 15.2. The second-order valence-electron chi connectivity index (χ2n) is 3.74. The molecule has 0 aliphatic rings. The van der Waals surface area contributed by atoms with E-state index >= 15 is 0 Å². The van der Waals surface area contributed by atoms with Crippen LogP contribution in [-0.4, -0.2) is 49.4 Å². The van der Waals surface area contributed by atoms with Crippen LogP contribution in [-0.2, 0) is 9.47 Å². The molecule has 4 nitrogen and oxygen atoms in total. The smallest absolute Gasteiger partial charge is 0.0774 e. The van der Waals surface area contributed by atoms with Gasteiger partial charge in [0.25, 0.3) is 0 Å². The van der Waals surface area contributed by atoms with Gasteiger partial charge in [-0.3, -0.25) is 0 Å². The minimum absolute atomic E-state index is 0.288. The van der Waals surface area contributed by atoms with Crippen molar-refractivity contribution in [3.63, 3.8) is 0 Å². The van der Waals surface area contributed by atoms with Gasteiger partial charge in [-0.15, -0.1) is 0 Å². The maximum absolute atomic E-state index is 9.49. The maximum atomic E-state index is 9.49. The Morgan fingerprint density at radius 2 is 1.67 bits per heavy atom. The predicted molar refractivity (Wildman–Crippen MR) is 58.9 cm³/mol. The third kappa shape index (κ3) is 10.1. The topological polar surface area (TPSA) is 58.9 Å². The highest BCUT2D eigenvalue weighted by molar-refractivity contribution is 4.60. The highest BCUT2D eigenvalue weighted by Gasteiger charge is 2.08. The fourth-order valence-electron chi connectivity index (χ4n) is 1.31. The minimum atomic E-state index is -0.478. The van der Waals surface area contributed by atoms with E-state index in [4.69, 9.17) is 9.47 Å². The third-order valence-electron chi connectivity index (χ3n) is 2.20. The third-order valence-corrected chi connectivity index (χ3v) is 2.20. The minimum Gasteiger partial charge on any atom is -0.393 e. The Kier molecular flexibility index (Phi) is 10.3. The second kappa shape index (κ2) is 10.4. The second-order valence-corrected chi connectivity index (χ2v) is 3.74. The zero-order valence-electron chi connectivity index (χ0n) is 9.82. The first kappa shape index (κ1) is 14.8. The summed E-state index contributed by atoms with van der Waals surface area (Å²) < 4.78 is 9.98. The first-order valence-electron chi connectivity index (χ1n) is 5.63. The van der Waals surface area contributed by atoms with E-state index in [2.05, 4.69) is 0 Å². The fraction of sp³-hybridized carbons (Fsp3) is 1.00. The zero-order chi connectivity index (χ0) is 11.5. The first-order chi connectivity index (χ1) is 7.20. The Labute approximate surface area is 92.2 Å². The van der Waals surface area contributed by atoms with Gasteiger partial charge in [0.2, 0.25) is 0 Å². The molecule has 92 valence electrons. The summed E-state index contributed by atoms with van der Waals surface area (Å²) in [5, 5.41) is 18.9. The molecule has 2 unspecified atom stereocenters. The molecule has 0 fully saturated rings. The fourth-order valence-corrected chi connectivity index (χ4v) is 1.31. The Morgan fingerprint density at radius 3 is 2.27 bits per heavy atom. The molecule has 0 radical (unpaired) electrons. The van der Waals surface area contributed by atoms with Crippen LogP contribution in [0.1, 0.15) is 32.6 Å². The van der Waals surface area contributed by atoms with Gasteiger partial charge in [-0.2, -0.15) is 0 Å². The van der Waals surface area contributed by atoms with Crippen molar-refractivity contribution in [2.45, 2.75) is 44.8 Å². The lowest BCUT2D eigenvalue weighted by Crippen LogP contribution is -2.19. The van der Waals surface area contributed by atoms with Crippen LogP contribution in [0.4, 0.5) is 0 Å². The molecule has 0 rings (SSSR count). The predicted octanol–water partition coefficient (Wildman–Crippen LogP) is 0.951. The van der Waals surface area contributed by atoms with Crippen LogP contribution in [0.3, 0.4) is 0 Å². The van der Waals surface area contributed by atoms with Crippen molar-refractivity contribution < 1.29 is 19.7 Å². The molecule has 0 aromatic rings. The molecule has 0 aromatic heterocycles. The van der Waals surface area contributed by atoms with Gasteiger partial charge >= 0.3 is 0 Å². The molecule has 0 aromatic carbocycles. The number of aliphatic hydroxyl groups excluding tert-OH is 2. The standard InChI is InChI=1S/C11H24O4/c1-3-4-10(12)5-6-11(13)9-15-8-7-14-2/h10-13H,3-9H2,1-2H3. The summed E-state index contributed by atoms with van der Waals surface area (Å²) in [5.41, 5.74) is 0. The maximum Gasteiger partial charge on any atom is 0.0774 e. The van der Waals surface area contributed by atoms with E-state index in [0.29, 0.717) is 32.7 Å². The van der Waals surface area contributed by atoms with Gasteiger partial charge in [0, 0.05) is 7.11 Å². The van der Waals surface area contributed by atoms with Crippen LogP contribution in [0.2, 0.25) is 0 Å². The van der Waals surface area contributed by atoms with Crippen LogP contribution in [0.5, 0.6) is 0 Å². The number of ether oxygens (including phenoxy) is 2. The molecule has 0 saturated carbocycles. The zero-order valence-corrected chi connectivity index (χ0v) is 9.82. The molecule has 4 heteroatoms. The van der Waals surface area contributed by atoms with E-state index in [1.165, 1.54) is 0 Å². The summed E-state index contributed by atoms with van der Waals surface area (Å²) in [7, 11) is 1.61. The van der Waals surface area contributed by atoms with Crippen LogP contribution in [0.15, 0.2) is 0 Å². The van der Waals surface area contributed by atoms with E-state index in [1.54, 1.807) is 7.11 Å². The molecule has 2 N–H and O–H groups in total. The van der Waals surface area contributed by atoms with Gasteiger partial charge in [0.15, 0.2) is 0 Å². The van der Waals surface area contributed by atoms with Gasteiger partial charge in [-0.1, -0.05) is 13.3 Å². The number of aliphatic hydroxyl groups is 2. The quantitative estimate of drug-likeness (QED) is 0.538. The van der Waals surface area contributed by atoms with Gasteiger partial charge in [-0.25, -0.2) is 0 Å². The molecule has 0 bridgehead atoms. The van der Waals surface area contributed by atoms with Gasteiger partial charge < -0.3 is 19.7 Å². The molecule has 15 heavy (non-hydrogen) atoms. The Bertz CT molecular complexity index is 130. The molecule has 0 aliphatic heterocycles. The first-order valence-corrected chi connectivity index (χ1v) is 5.63. The lowest BCUT2D eigenvalue weighted by Gasteiger charge is -2.13. The summed E-state index contributed by atoms with van der Waals surface area (Å²) in [5.74, 6) is 0. The van der Waals surface area contributed by atoms with E-state index in [0.717, 1.165) is 12.8 Å². The van der Waals surface area contributed by atoms with E-state index in [-0.39, 0.29) is 6.10 Å². The van der Waals surface area contributed by atoms with E-state index in [1.807, 2.05) is 6.92 Å². The van der Waals surface area contributed by atoms with Crippen molar-refractivity contribution >= 4 is 0 Å². The summed E-state index contributed by atoms with van der Waals surface area (Å²) >= 11 is 0. The monoisotopic (exact) mass is 220 g/mol. The van der Waals surface area contributed by atoms with Crippen molar-refractivity contribution in [1.29, 1.82) is 0 Å². The number of rotatable bonds is 10. The summed E-state index contributed by atoms with van der Waals surface area (Å²) in [6, 6.07) is 0. The van der Waals surface area contributed by atoms with Crippen molar-refractivity contribution in [2.75, 3.05) is 26.9 Å². The lowest BCUT2D eigenvalue weighted by molar-refractivity contribution is 0.00443. The largest absolute Gasteiger partial charge is 0.393 e. The van der Waals surface area contributed by atoms with Crippen molar-refractivity contribution in [2.24, 2.45) is 0 Å². The molecule has 0 heterocycles. The van der Waals surface area contributed by atoms with Gasteiger partial charge in [0.05, 0.1) is 32.0 Å². The molecule has 0 spiro atoms. The number of hydrogen-bond donors (Lipinski definition) is 2. The van der Waals surface area contributed by atoms with Crippen LogP contribution >= 0.6 is 0 Å². The molecule has 0 aliphatic carbocycles. The number of methoxy groups -OCH3 is 1. The van der Waals surface area contributed by atoms with Crippen LogP contribution in [0.25, 0.3) is 0 Å².